The summed E-state index contributed by atoms with van der Waals surface area (Å²) in [5.74, 6) is -0.437. The van der Waals surface area contributed by atoms with Gasteiger partial charge in [0.25, 0.3) is 0 Å². The van der Waals surface area contributed by atoms with Crippen LogP contribution in [0, 0.1) is 11.7 Å². The number of carbonyl (C=O) groups is 2. The molecule has 2 saturated heterocycles. The second kappa shape index (κ2) is 6.59. The van der Waals surface area contributed by atoms with Gasteiger partial charge in [-0.1, -0.05) is 11.3 Å². The first kappa shape index (κ1) is 16.3. The second-order valence-electron chi connectivity index (χ2n) is 6.50. The fraction of sp³-hybridized carbons (Fsp3) is 0.471. The smallest absolute Gasteiger partial charge is 0.239 e. The van der Waals surface area contributed by atoms with E-state index in [4.69, 9.17) is 0 Å². The molecule has 6 nitrogen and oxygen atoms in total. The van der Waals surface area contributed by atoms with Crippen LogP contribution in [0.1, 0.15) is 12.8 Å². The maximum atomic E-state index is 13.4. The Bertz CT molecular complexity index is 824. The molecule has 0 spiro atoms. The lowest BCUT2D eigenvalue weighted by molar-refractivity contribution is -0.141. The van der Waals surface area contributed by atoms with E-state index >= 15 is 0 Å². The van der Waals surface area contributed by atoms with Crippen molar-refractivity contribution in [2.45, 2.75) is 12.8 Å². The zero-order valence-corrected chi connectivity index (χ0v) is 14.5. The first-order chi connectivity index (χ1) is 12.1. The monoisotopic (exact) mass is 362 g/mol. The van der Waals surface area contributed by atoms with Crippen molar-refractivity contribution in [2.75, 3.05) is 37.6 Å². The van der Waals surface area contributed by atoms with E-state index in [9.17, 15) is 14.0 Å². The molecule has 1 aromatic carbocycles. The number of benzene rings is 1. The highest BCUT2D eigenvalue weighted by molar-refractivity contribution is 7.22. The number of hydrogen-bond donors (Lipinski definition) is 1. The number of piperidine rings is 1. The number of anilines is 1. The van der Waals surface area contributed by atoms with Crippen LogP contribution in [0.2, 0.25) is 0 Å². The third-order valence-corrected chi connectivity index (χ3v) is 5.81. The highest BCUT2D eigenvalue weighted by Gasteiger charge is 2.32. The van der Waals surface area contributed by atoms with Crippen LogP contribution >= 0.6 is 11.3 Å². The molecule has 8 heteroatoms. The number of piperazine rings is 1. The van der Waals surface area contributed by atoms with Crippen LogP contribution in [-0.2, 0) is 9.59 Å². The Labute approximate surface area is 148 Å². The number of halogens is 1. The lowest BCUT2D eigenvalue weighted by atomic mass is 9.96. The number of thiazole rings is 1. The molecule has 1 aromatic heterocycles. The molecule has 2 aliphatic rings. The van der Waals surface area contributed by atoms with Crippen LogP contribution in [0.5, 0.6) is 0 Å². The topological polar surface area (TPSA) is 65.5 Å². The average molecular weight is 362 g/mol. The molecule has 0 saturated carbocycles. The van der Waals surface area contributed by atoms with Crippen LogP contribution in [0.3, 0.4) is 0 Å². The fourth-order valence-corrected chi connectivity index (χ4v) is 4.48. The summed E-state index contributed by atoms with van der Waals surface area (Å²) in [4.78, 5) is 32.6. The summed E-state index contributed by atoms with van der Waals surface area (Å²) < 4.78 is 14.2. The van der Waals surface area contributed by atoms with Gasteiger partial charge in [-0.25, -0.2) is 9.37 Å². The molecule has 0 aliphatic carbocycles. The zero-order chi connectivity index (χ0) is 17.4. The largest absolute Gasteiger partial charge is 0.353 e. The van der Waals surface area contributed by atoms with E-state index in [-0.39, 0.29) is 30.1 Å². The number of hydrogen-bond acceptors (Lipinski definition) is 5. The van der Waals surface area contributed by atoms with Gasteiger partial charge in [-0.3, -0.25) is 9.59 Å². The summed E-state index contributed by atoms with van der Waals surface area (Å²) in [6.07, 6.45) is 1.73. The fourth-order valence-electron chi connectivity index (χ4n) is 3.46. The molecule has 2 aromatic rings. The molecule has 4 rings (SSSR count). The van der Waals surface area contributed by atoms with Crippen LogP contribution in [0.25, 0.3) is 10.2 Å². The molecule has 2 aliphatic heterocycles. The lowest BCUT2D eigenvalue weighted by Gasteiger charge is -2.35. The molecule has 0 bridgehead atoms. The third-order valence-electron chi connectivity index (χ3n) is 4.73. The Kier molecular flexibility index (Phi) is 4.29. The van der Waals surface area contributed by atoms with Gasteiger partial charge in [0, 0.05) is 26.2 Å². The predicted octanol–water partition coefficient (Wildman–Crippen LogP) is 1.61. The second-order valence-corrected chi connectivity index (χ2v) is 7.51. The normalized spacial score (nSPS) is 21.5. The first-order valence-electron chi connectivity index (χ1n) is 8.47. The van der Waals surface area contributed by atoms with Crippen molar-refractivity contribution in [1.82, 2.24) is 15.2 Å². The molecule has 1 atom stereocenters. The molecule has 3 heterocycles. The van der Waals surface area contributed by atoms with E-state index in [2.05, 4.69) is 15.2 Å². The number of nitrogens with one attached hydrogen (secondary N) is 1. The third kappa shape index (κ3) is 3.30. The van der Waals surface area contributed by atoms with Crippen molar-refractivity contribution in [2.24, 2.45) is 5.92 Å². The van der Waals surface area contributed by atoms with E-state index in [1.165, 1.54) is 23.5 Å². The van der Waals surface area contributed by atoms with Gasteiger partial charge in [0.05, 0.1) is 22.7 Å². The molecular formula is C17H19FN4O2S. The summed E-state index contributed by atoms with van der Waals surface area (Å²) in [6, 6.07) is 4.59. The van der Waals surface area contributed by atoms with Gasteiger partial charge < -0.3 is 15.1 Å². The van der Waals surface area contributed by atoms with E-state index in [0.29, 0.717) is 19.6 Å². The molecule has 1 N–H and O–H groups in total. The predicted molar refractivity (Wildman–Crippen MR) is 94.1 cm³/mol. The average Bonchev–Trinajstić information content (AvgIpc) is 3.04. The van der Waals surface area contributed by atoms with Crippen molar-refractivity contribution in [3.8, 4) is 0 Å². The Morgan fingerprint density at radius 3 is 3.08 bits per heavy atom. The summed E-state index contributed by atoms with van der Waals surface area (Å²) in [5, 5.41) is 3.57. The lowest BCUT2D eigenvalue weighted by Crippen LogP contribution is -2.53. The highest BCUT2D eigenvalue weighted by atomic mass is 32.1. The van der Waals surface area contributed by atoms with Crippen LogP contribution < -0.4 is 10.2 Å². The minimum atomic E-state index is -0.266. The quantitative estimate of drug-likeness (QED) is 0.882. The number of rotatable bonds is 2. The Hall–Kier alpha value is -2.22. The van der Waals surface area contributed by atoms with Crippen LogP contribution in [0.4, 0.5) is 9.52 Å². The van der Waals surface area contributed by atoms with Crippen molar-refractivity contribution >= 4 is 38.5 Å². The minimum absolute atomic E-state index is 0.0479. The maximum Gasteiger partial charge on any atom is 0.239 e. The number of carbonyl (C=O) groups excluding carboxylic acids is 2. The number of aromatic nitrogens is 1. The van der Waals surface area contributed by atoms with E-state index in [1.54, 1.807) is 11.0 Å². The summed E-state index contributed by atoms with van der Waals surface area (Å²) in [6.45, 7) is 2.67. The van der Waals surface area contributed by atoms with E-state index in [0.717, 1.165) is 34.7 Å². The summed E-state index contributed by atoms with van der Waals surface area (Å²) in [5.41, 5.74) is 0.780. The first-order valence-corrected chi connectivity index (χ1v) is 9.28. The SMILES string of the molecule is O=C1CN(C(=O)C2CCCN(c3nc4ccc(F)cc4s3)C2)CCN1. The van der Waals surface area contributed by atoms with Crippen molar-refractivity contribution in [3.05, 3.63) is 24.0 Å². The standard InChI is InChI=1S/C17H19FN4O2S/c18-12-3-4-13-14(8-12)25-17(20-13)22-6-1-2-11(9-22)16(24)21-7-5-19-15(23)10-21/h3-4,8,11H,1-2,5-7,9-10H2,(H,19,23). The van der Waals surface area contributed by atoms with E-state index in [1.807, 2.05) is 0 Å². The van der Waals surface area contributed by atoms with Gasteiger partial charge in [0.2, 0.25) is 11.8 Å². The number of amides is 2. The molecule has 25 heavy (non-hydrogen) atoms. The van der Waals surface area contributed by atoms with Gasteiger partial charge in [-0.05, 0) is 31.0 Å². The van der Waals surface area contributed by atoms with Gasteiger partial charge in [-0.15, -0.1) is 0 Å². The van der Waals surface area contributed by atoms with Gasteiger partial charge in [0.15, 0.2) is 5.13 Å². The molecule has 1 unspecified atom stereocenters. The molecule has 2 fully saturated rings. The maximum absolute atomic E-state index is 13.4. The van der Waals surface area contributed by atoms with Crippen molar-refractivity contribution in [1.29, 1.82) is 0 Å². The number of fused-ring (bicyclic) bond motifs is 1. The highest BCUT2D eigenvalue weighted by Crippen LogP contribution is 2.32. The Balaban J connectivity index is 1.49. The van der Waals surface area contributed by atoms with Crippen molar-refractivity contribution < 1.29 is 14.0 Å². The van der Waals surface area contributed by atoms with Crippen molar-refractivity contribution in [3.63, 3.8) is 0 Å². The Morgan fingerprint density at radius 1 is 1.36 bits per heavy atom. The molecule has 0 radical (unpaired) electrons. The van der Waals surface area contributed by atoms with Crippen LogP contribution in [0.15, 0.2) is 18.2 Å². The van der Waals surface area contributed by atoms with Gasteiger partial charge in [-0.2, -0.15) is 0 Å². The molecule has 2 amide bonds. The zero-order valence-electron chi connectivity index (χ0n) is 13.7. The van der Waals surface area contributed by atoms with Gasteiger partial charge in [0.1, 0.15) is 5.82 Å². The molecular weight excluding hydrogens is 343 g/mol. The Morgan fingerprint density at radius 2 is 2.24 bits per heavy atom. The van der Waals surface area contributed by atoms with E-state index < -0.39 is 0 Å². The van der Waals surface area contributed by atoms with Crippen LogP contribution in [-0.4, -0.2) is 54.4 Å². The van der Waals surface area contributed by atoms with Gasteiger partial charge >= 0.3 is 0 Å². The summed E-state index contributed by atoms with van der Waals surface area (Å²) in [7, 11) is 0. The molecule has 132 valence electrons. The number of nitrogens with zero attached hydrogens (tertiary/aromatic N) is 3. The summed E-state index contributed by atoms with van der Waals surface area (Å²) >= 11 is 1.45. The minimum Gasteiger partial charge on any atom is -0.353 e.